The summed E-state index contributed by atoms with van der Waals surface area (Å²) in [6, 6.07) is 9.85. The molecule has 0 aliphatic rings. The first-order chi connectivity index (χ1) is 9.15. The smallest absolute Gasteiger partial charge is 0.225 e. The molecule has 0 saturated heterocycles. The highest BCUT2D eigenvalue weighted by atomic mass is 16.5. The highest BCUT2D eigenvalue weighted by molar-refractivity contribution is 5.41. The minimum Gasteiger partial charge on any atom is -0.438 e. The summed E-state index contributed by atoms with van der Waals surface area (Å²) in [4.78, 5) is 4.39. The van der Waals surface area contributed by atoms with E-state index in [4.69, 9.17) is 4.74 Å². The fourth-order valence-corrected chi connectivity index (χ4v) is 2.11. The largest absolute Gasteiger partial charge is 0.438 e. The van der Waals surface area contributed by atoms with Crippen LogP contribution in [0.3, 0.4) is 0 Å². The van der Waals surface area contributed by atoms with E-state index in [-0.39, 0.29) is 6.61 Å². The number of aliphatic hydroxyl groups excluding tert-OH is 1. The van der Waals surface area contributed by atoms with Gasteiger partial charge >= 0.3 is 0 Å². The minimum atomic E-state index is -0.0667. The Balaban J connectivity index is 2.43. The number of hydrogen-bond acceptors (Lipinski definition) is 3. The molecule has 0 aliphatic carbocycles. The molecule has 0 atom stereocenters. The Morgan fingerprint density at radius 3 is 2.63 bits per heavy atom. The second-order valence-electron chi connectivity index (χ2n) is 4.59. The molecule has 0 bridgehead atoms. The number of rotatable bonds is 4. The van der Waals surface area contributed by atoms with Crippen molar-refractivity contribution in [2.45, 2.75) is 33.8 Å². The third kappa shape index (κ3) is 2.93. The van der Waals surface area contributed by atoms with Crippen LogP contribution in [0.15, 0.2) is 30.3 Å². The predicted molar refractivity (Wildman–Crippen MR) is 75.5 cm³/mol. The molecule has 0 fully saturated rings. The first kappa shape index (κ1) is 13.6. The van der Waals surface area contributed by atoms with Crippen molar-refractivity contribution in [1.82, 2.24) is 4.98 Å². The topological polar surface area (TPSA) is 42.4 Å². The number of aromatic nitrogens is 1. The lowest BCUT2D eigenvalue weighted by Gasteiger charge is -2.14. The number of aryl methyl sites for hydroxylation is 3. The zero-order chi connectivity index (χ0) is 13.8. The van der Waals surface area contributed by atoms with Crippen molar-refractivity contribution in [2.75, 3.05) is 0 Å². The molecule has 2 rings (SSSR count). The highest BCUT2D eigenvalue weighted by Crippen LogP contribution is 2.29. The maximum absolute atomic E-state index is 9.47. The van der Waals surface area contributed by atoms with E-state index in [1.807, 2.05) is 44.2 Å². The van der Waals surface area contributed by atoms with E-state index in [2.05, 4.69) is 11.9 Å². The number of para-hydroxylation sites is 1. The minimum absolute atomic E-state index is 0.0667. The molecule has 0 aliphatic heterocycles. The Hall–Kier alpha value is -1.87. The van der Waals surface area contributed by atoms with Crippen molar-refractivity contribution >= 4 is 0 Å². The van der Waals surface area contributed by atoms with Gasteiger partial charge in [0.25, 0.3) is 0 Å². The van der Waals surface area contributed by atoms with E-state index in [0.717, 1.165) is 34.6 Å². The summed E-state index contributed by atoms with van der Waals surface area (Å²) in [5.41, 5.74) is 3.77. The number of nitrogens with zero attached hydrogens (tertiary/aromatic N) is 1. The summed E-state index contributed by atoms with van der Waals surface area (Å²) in [5, 5.41) is 9.47. The number of pyridine rings is 1. The standard InChI is InChI=1S/C16H19NO2/c1-4-13-7-5-6-8-15(13)19-16-14(10-18)11(2)9-12(3)17-16/h5-9,18H,4,10H2,1-3H3. The van der Waals surface area contributed by atoms with Crippen molar-refractivity contribution in [2.24, 2.45) is 0 Å². The van der Waals surface area contributed by atoms with Gasteiger partial charge in [0.2, 0.25) is 5.88 Å². The second-order valence-corrected chi connectivity index (χ2v) is 4.59. The van der Waals surface area contributed by atoms with E-state index in [1.165, 1.54) is 0 Å². The van der Waals surface area contributed by atoms with Crippen molar-refractivity contribution in [1.29, 1.82) is 0 Å². The van der Waals surface area contributed by atoms with Crippen molar-refractivity contribution in [3.63, 3.8) is 0 Å². The maximum Gasteiger partial charge on any atom is 0.225 e. The molecule has 3 nitrogen and oxygen atoms in total. The van der Waals surface area contributed by atoms with Crippen molar-refractivity contribution in [3.8, 4) is 11.6 Å². The van der Waals surface area contributed by atoms with E-state index in [1.54, 1.807) is 0 Å². The van der Waals surface area contributed by atoms with Gasteiger partial charge in [0, 0.05) is 11.3 Å². The number of ether oxygens (including phenoxy) is 1. The average Bonchev–Trinajstić information content (AvgIpc) is 2.39. The molecule has 100 valence electrons. The van der Waals surface area contributed by atoms with Gasteiger partial charge < -0.3 is 9.84 Å². The molecule has 1 aromatic heterocycles. The molecule has 0 radical (unpaired) electrons. The molecule has 0 unspecified atom stereocenters. The van der Waals surface area contributed by atoms with Crippen LogP contribution in [0.5, 0.6) is 11.6 Å². The molecule has 3 heteroatoms. The highest BCUT2D eigenvalue weighted by Gasteiger charge is 2.11. The molecular formula is C16H19NO2. The molecule has 0 saturated carbocycles. The average molecular weight is 257 g/mol. The molecule has 19 heavy (non-hydrogen) atoms. The molecule has 1 aromatic carbocycles. The van der Waals surface area contributed by atoms with Crippen LogP contribution in [-0.2, 0) is 13.0 Å². The lowest BCUT2D eigenvalue weighted by atomic mass is 10.1. The molecule has 2 aromatic rings. The third-order valence-corrected chi connectivity index (χ3v) is 3.16. The van der Waals surface area contributed by atoms with Gasteiger partial charge in [-0.15, -0.1) is 0 Å². The Bertz CT molecular complexity index is 579. The van der Waals surface area contributed by atoms with Crippen LogP contribution < -0.4 is 4.74 Å². The molecule has 0 spiro atoms. The first-order valence-corrected chi connectivity index (χ1v) is 6.49. The Morgan fingerprint density at radius 1 is 1.21 bits per heavy atom. The van der Waals surface area contributed by atoms with Gasteiger partial charge in [-0.2, -0.15) is 0 Å². The third-order valence-electron chi connectivity index (χ3n) is 3.16. The zero-order valence-electron chi connectivity index (χ0n) is 11.6. The van der Waals surface area contributed by atoms with Gasteiger partial charge in [-0.25, -0.2) is 4.98 Å². The lowest BCUT2D eigenvalue weighted by molar-refractivity contribution is 0.274. The van der Waals surface area contributed by atoms with E-state index < -0.39 is 0 Å². The maximum atomic E-state index is 9.47. The number of hydrogen-bond donors (Lipinski definition) is 1. The van der Waals surface area contributed by atoms with E-state index >= 15 is 0 Å². The van der Waals surface area contributed by atoms with Gasteiger partial charge in [0.05, 0.1) is 6.61 Å². The van der Waals surface area contributed by atoms with Crippen LogP contribution >= 0.6 is 0 Å². The fraction of sp³-hybridized carbons (Fsp3) is 0.312. The molecular weight excluding hydrogens is 238 g/mol. The molecule has 1 heterocycles. The first-order valence-electron chi connectivity index (χ1n) is 6.49. The van der Waals surface area contributed by atoms with Crippen LogP contribution in [0, 0.1) is 13.8 Å². The Labute approximate surface area is 113 Å². The van der Waals surface area contributed by atoms with Crippen LogP contribution in [0.25, 0.3) is 0 Å². The summed E-state index contributed by atoms with van der Waals surface area (Å²) < 4.78 is 5.91. The van der Waals surface area contributed by atoms with Gasteiger partial charge in [-0.3, -0.25) is 0 Å². The van der Waals surface area contributed by atoms with Crippen LogP contribution in [0.4, 0.5) is 0 Å². The van der Waals surface area contributed by atoms with E-state index in [9.17, 15) is 5.11 Å². The lowest BCUT2D eigenvalue weighted by Crippen LogP contribution is -2.01. The summed E-state index contributed by atoms with van der Waals surface area (Å²) in [6.07, 6.45) is 0.898. The van der Waals surface area contributed by atoms with Crippen LogP contribution in [-0.4, -0.2) is 10.1 Å². The number of benzene rings is 1. The molecule has 1 N–H and O–H groups in total. The zero-order valence-corrected chi connectivity index (χ0v) is 11.6. The van der Waals surface area contributed by atoms with Crippen LogP contribution in [0.2, 0.25) is 0 Å². The normalized spacial score (nSPS) is 10.5. The van der Waals surface area contributed by atoms with Crippen molar-refractivity contribution < 1.29 is 9.84 Å². The summed E-state index contributed by atoms with van der Waals surface area (Å²) in [5.74, 6) is 1.30. The Kier molecular flexibility index (Phi) is 4.17. The van der Waals surface area contributed by atoms with Gasteiger partial charge in [0.15, 0.2) is 0 Å². The predicted octanol–water partition coefficient (Wildman–Crippen LogP) is 3.55. The van der Waals surface area contributed by atoms with Crippen LogP contribution in [0.1, 0.15) is 29.3 Å². The fourth-order valence-electron chi connectivity index (χ4n) is 2.11. The summed E-state index contributed by atoms with van der Waals surface area (Å²) in [6.45, 7) is 5.90. The van der Waals surface area contributed by atoms with E-state index in [0.29, 0.717) is 5.88 Å². The monoisotopic (exact) mass is 257 g/mol. The van der Waals surface area contributed by atoms with Crippen molar-refractivity contribution in [3.05, 3.63) is 52.7 Å². The second kappa shape index (κ2) is 5.85. The SMILES string of the molecule is CCc1ccccc1Oc1nc(C)cc(C)c1CO. The summed E-state index contributed by atoms with van der Waals surface area (Å²) in [7, 11) is 0. The van der Waals surface area contributed by atoms with Gasteiger partial charge in [-0.1, -0.05) is 25.1 Å². The van der Waals surface area contributed by atoms with Gasteiger partial charge in [-0.05, 0) is 43.5 Å². The van der Waals surface area contributed by atoms with Gasteiger partial charge in [0.1, 0.15) is 5.75 Å². The Morgan fingerprint density at radius 2 is 1.95 bits per heavy atom. The summed E-state index contributed by atoms with van der Waals surface area (Å²) >= 11 is 0. The quantitative estimate of drug-likeness (QED) is 0.910. The number of aliphatic hydroxyl groups is 1. The molecule has 0 amide bonds.